The van der Waals surface area contributed by atoms with E-state index in [-0.39, 0.29) is 0 Å². The lowest BCUT2D eigenvalue weighted by Crippen LogP contribution is -2.25. The SMILES string of the molecule is NNOc1cccs1. The Morgan fingerprint density at radius 2 is 2.62 bits per heavy atom. The van der Waals surface area contributed by atoms with Crippen LogP contribution >= 0.6 is 11.3 Å². The first-order valence-electron chi connectivity index (χ1n) is 2.09. The quantitative estimate of drug-likeness (QED) is 0.453. The summed E-state index contributed by atoms with van der Waals surface area (Å²) in [7, 11) is 0. The van der Waals surface area contributed by atoms with Crippen molar-refractivity contribution >= 4 is 11.3 Å². The molecule has 44 valence electrons. The Bertz CT molecular complexity index is 140. The summed E-state index contributed by atoms with van der Waals surface area (Å²) in [5.74, 6) is 4.85. The van der Waals surface area contributed by atoms with Gasteiger partial charge in [0.1, 0.15) is 0 Å². The van der Waals surface area contributed by atoms with Gasteiger partial charge in [-0.2, -0.15) is 0 Å². The van der Waals surface area contributed by atoms with Crippen LogP contribution in [0.1, 0.15) is 0 Å². The Hall–Kier alpha value is -0.580. The minimum absolute atomic E-state index is 0.771. The van der Waals surface area contributed by atoms with E-state index in [2.05, 4.69) is 5.59 Å². The molecule has 0 aliphatic rings. The molecule has 0 aromatic carbocycles. The zero-order valence-electron chi connectivity index (χ0n) is 4.13. The van der Waals surface area contributed by atoms with Crippen molar-refractivity contribution in [3.63, 3.8) is 0 Å². The number of thiophene rings is 1. The van der Waals surface area contributed by atoms with E-state index < -0.39 is 0 Å². The third kappa shape index (κ3) is 1.19. The zero-order valence-corrected chi connectivity index (χ0v) is 4.94. The van der Waals surface area contributed by atoms with Gasteiger partial charge in [0.05, 0.1) is 0 Å². The van der Waals surface area contributed by atoms with E-state index >= 15 is 0 Å². The average Bonchev–Trinajstić information content (AvgIpc) is 2.19. The summed E-state index contributed by atoms with van der Waals surface area (Å²) in [6.45, 7) is 0. The molecule has 0 amide bonds. The number of hydrazine groups is 1. The minimum atomic E-state index is 0.771. The van der Waals surface area contributed by atoms with Crippen LogP contribution in [0, 0.1) is 0 Å². The summed E-state index contributed by atoms with van der Waals surface area (Å²) in [4.78, 5) is 4.69. The summed E-state index contributed by atoms with van der Waals surface area (Å²) in [5.41, 5.74) is 2.08. The Morgan fingerprint density at radius 3 is 3.12 bits per heavy atom. The monoisotopic (exact) mass is 130 g/mol. The number of hydrogen-bond donors (Lipinski definition) is 2. The van der Waals surface area contributed by atoms with Gasteiger partial charge in [0, 0.05) is 0 Å². The van der Waals surface area contributed by atoms with Crippen molar-refractivity contribution in [3.8, 4) is 5.06 Å². The van der Waals surface area contributed by atoms with Gasteiger partial charge in [-0.05, 0) is 17.5 Å². The van der Waals surface area contributed by atoms with Gasteiger partial charge in [-0.3, -0.25) is 0 Å². The molecule has 0 saturated heterocycles. The number of nitrogens with two attached hydrogens (primary N) is 1. The van der Waals surface area contributed by atoms with Crippen LogP contribution in [0.2, 0.25) is 0 Å². The first kappa shape index (κ1) is 5.55. The molecule has 0 aliphatic carbocycles. The molecule has 0 atom stereocenters. The van der Waals surface area contributed by atoms with Crippen LogP contribution in [0.15, 0.2) is 17.5 Å². The summed E-state index contributed by atoms with van der Waals surface area (Å²) < 4.78 is 0. The summed E-state index contributed by atoms with van der Waals surface area (Å²) in [6, 6.07) is 3.71. The van der Waals surface area contributed by atoms with E-state index in [1.807, 2.05) is 17.5 Å². The van der Waals surface area contributed by atoms with E-state index in [1.54, 1.807) is 0 Å². The molecule has 4 heteroatoms. The molecule has 1 aromatic rings. The van der Waals surface area contributed by atoms with Crippen LogP contribution < -0.4 is 16.3 Å². The van der Waals surface area contributed by atoms with Crippen LogP contribution in [0.5, 0.6) is 5.06 Å². The van der Waals surface area contributed by atoms with Crippen molar-refractivity contribution in [3.05, 3.63) is 17.5 Å². The predicted molar refractivity (Wildman–Crippen MR) is 32.3 cm³/mol. The van der Waals surface area contributed by atoms with Crippen molar-refractivity contribution in [2.45, 2.75) is 0 Å². The highest BCUT2D eigenvalue weighted by molar-refractivity contribution is 7.11. The molecule has 0 fully saturated rings. The smallest absolute Gasteiger partial charge is 0.202 e. The standard InChI is InChI=1S/C4H6N2OS/c5-6-7-4-2-1-3-8-4/h1-3,6H,5H2. The Labute approximate surface area is 51.0 Å². The molecule has 0 bridgehead atoms. The molecule has 3 N–H and O–H groups in total. The molecule has 3 nitrogen and oxygen atoms in total. The number of rotatable bonds is 2. The van der Waals surface area contributed by atoms with Gasteiger partial charge in [-0.1, -0.05) is 5.59 Å². The average molecular weight is 130 g/mol. The van der Waals surface area contributed by atoms with Crippen molar-refractivity contribution in [2.75, 3.05) is 0 Å². The second-order valence-electron chi connectivity index (χ2n) is 1.15. The van der Waals surface area contributed by atoms with Gasteiger partial charge in [-0.15, -0.1) is 11.3 Å². The molecule has 0 aliphatic heterocycles. The van der Waals surface area contributed by atoms with Gasteiger partial charge in [0.2, 0.25) is 5.06 Å². The second kappa shape index (κ2) is 2.66. The lowest BCUT2D eigenvalue weighted by Gasteiger charge is -1.94. The largest absolute Gasteiger partial charge is 0.383 e. The Balaban J connectivity index is 2.50. The molecule has 1 aromatic heterocycles. The third-order valence-electron chi connectivity index (χ3n) is 0.655. The number of hydrogen-bond acceptors (Lipinski definition) is 4. The molecular formula is C4H6N2OS. The fourth-order valence-electron chi connectivity index (χ4n) is 0.380. The molecule has 1 heterocycles. The third-order valence-corrected chi connectivity index (χ3v) is 1.40. The van der Waals surface area contributed by atoms with Crippen molar-refractivity contribution in [2.24, 2.45) is 5.84 Å². The second-order valence-corrected chi connectivity index (χ2v) is 2.06. The van der Waals surface area contributed by atoms with Crippen LogP contribution in [-0.2, 0) is 0 Å². The highest BCUT2D eigenvalue weighted by Crippen LogP contribution is 2.16. The minimum Gasteiger partial charge on any atom is -0.383 e. The summed E-state index contributed by atoms with van der Waals surface area (Å²) in [5, 5.41) is 2.68. The molecule has 0 saturated carbocycles. The van der Waals surface area contributed by atoms with Crippen LogP contribution in [0.25, 0.3) is 0 Å². The predicted octanol–water partition coefficient (Wildman–Crippen LogP) is 0.505. The molecular weight excluding hydrogens is 124 g/mol. The maximum absolute atomic E-state index is 4.85. The first-order chi connectivity index (χ1) is 3.93. The molecule has 0 unspecified atom stereocenters. The normalized spacial score (nSPS) is 9.12. The molecule has 0 radical (unpaired) electrons. The topological polar surface area (TPSA) is 47.3 Å². The van der Waals surface area contributed by atoms with Crippen molar-refractivity contribution in [1.82, 2.24) is 5.59 Å². The highest BCUT2D eigenvalue weighted by Gasteiger charge is 1.87. The van der Waals surface area contributed by atoms with Gasteiger partial charge in [-0.25, -0.2) is 5.84 Å². The van der Waals surface area contributed by atoms with E-state index in [1.165, 1.54) is 11.3 Å². The lowest BCUT2D eigenvalue weighted by atomic mass is 10.7. The van der Waals surface area contributed by atoms with E-state index in [4.69, 9.17) is 10.7 Å². The van der Waals surface area contributed by atoms with Gasteiger partial charge in [0.25, 0.3) is 0 Å². The maximum Gasteiger partial charge on any atom is 0.202 e. The van der Waals surface area contributed by atoms with E-state index in [9.17, 15) is 0 Å². The fraction of sp³-hybridized carbons (Fsp3) is 0. The summed E-state index contributed by atoms with van der Waals surface area (Å²) in [6.07, 6.45) is 0. The lowest BCUT2D eigenvalue weighted by molar-refractivity contribution is 0.206. The van der Waals surface area contributed by atoms with Gasteiger partial charge >= 0.3 is 0 Å². The van der Waals surface area contributed by atoms with Crippen LogP contribution in [0.3, 0.4) is 0 Å². The highest BCUT2D eigenvalue weighted by atomic mass is 32.1. The van der Waals surface area contributed by atoms with E-state index in [0.717, 1.165) is 5.06 Å². The molecule has 1 rings (SSSR count). The van der Waals surface area contributed by atoms with Crippen LogP contribution in [-0.4, -0.2) is 0 Å². The van der Waals surface area contributed by atoms with Crippen molar-refractivity contribution < 1.29 is 4.84 Å². The Morgan fingerprint density at radius 1 is 1.75 bits per heavy atom. The van der Waals surface area contributed by atoms with E-state index in [0.29, 0.717) is 0 Å². The number of nitrogens with one attached hydrogen (secondary N) is 1. The summed E-state index contributed by atoms with van der Waals surface area (Å²) >= 11 is 1.48. The Kier molecular flexibility index (Phi) is 1.85. The maximum atomic E-state index is 4.85. The first-order valence-corrected chi connectivity index (χ1v) is 2.97. The fourth-order valence-corrected chi connectivity index (χ4v) is 0.924. The van der Waals surface area contributed by atoms with Crippen LogP contribution in [0.4, 0.5) is 0 Å². The van der Waals surface area contributed by atoms with Gasteiger partial charge < -0.3 is 4.84 Å². The molecule has 8 heavy (non-hydrogen) atoms. The zero-order chi connectivity index (χ0) is 5.82. The molecule has 0 spiro atoms. The van der Waals surface area contributed by atoms with Crippen molar-refractivity contribution in [1.29, 1.82) is 0 Å². The van der Waals surface area contributed by atoms with Gasteiger partial charge in [0.15, 0.2) is 0 Å².